The van der Waals surface area contributed by atoms with E-state index in [-0.39, 0.29) is 0 Å². The van der Waals surface area contributed by atoms with Gasteiger partial charge in [0.25, 0.3) is 0 Å². The molecule has 2 rings (SSSR count). The number of para-hydroxylation sites is 2. The molecule has 0 saturated carbocycles. The van der Waals surface area contributed by atoms with Crippen molar-refractivity contribution in [1.82, 2.24) is 0 Å². The number of anilines is 2. The fraction of sp³-hybridized carbons (Fsp3) is 0.200. The van der Waals surface area contributed by atoms with Gasteiger partial charge in [-0.2, -0.15) is 0 Å². The first-order chi connectivity index (χ1) is 9.21. The van der Waals surface area contributed by atoms with Gasteiger partial charge in [-0.1, -0.05) is 12.1 Å². The fourth-order valence-corrected chi connectivity index (χ4v) is 1.42. The Kier molecular flexibility index (Phi) is 6.09. The summed E-state index contributed by atoms with van der Waals surface area (Å²) in [5.74, 6) is 1.62. The molecule has 19 heavy (non-hydrogen) atoms. The Morgan fingerprint density at radius 2 is 1.53 bits per heavy atom. The minimum Gasteiger partial charge on any atom is -0.497 e. The van der Waals surface area contributed by atoms with Crippen LogP contribution in [0, 0.1) is 0 Å². The monoisotopic (exact) mass is 260 g/mol. The van der Waals surface area contributed by atoms with Gasteiger partial charge in [0.05, 0.1) is 19.9 Å². The Bertz CT molecular complexity index is 461. The highest BCUT2D eigenvalue weighted by molar-refractivity contribution is 5.51. The van der Waals surface area contributed by atoms with Crippen LogP contribution < -0.4 is 20.5 Å². The zero-order chi connectivity index (χ0) is 14.1. The van der Waals surface area contributed by atoms with Gasteiger partial charge in [-0.3, -0.25) is 0 Å². The molecule has 0 atom stereocenters. The Hall–Kier alpha value is -2.36. The van der Waals surface area contributed by atoms with Gasteiger partial charge in [-0.05, 0) is 36.4 Å². The van der Waals surface area contributed by atoms with Gasteiger partial charge in [-0.15, -0.1) is 0 Å². The van der Waals surface area contributed by atoms with Gasteiger partial charge in [0.1, 0.15) is 11.5 Å². The minimum absolute atomic E-state index is 0.681. The molecule has 4 heteroatoms. The van der Waals surface area contributed by atoms with Gasteiger partial charge in [0.2, 0.25) is 0 Å². The molecular weight excluding hydrogens is 240 g/mol. The lowest BCUT2D eigenvalue weighted by Crippen LogP contribution is -1.89. The summed E-state index contributed by atoms with van der Waals surface area (Å²) >= 11 is 0. The van der Waals surface area contributed by atoms with Crippen LogP contribution in [0.15, 0.2) is 48.5 Å². The van der Waals surface area contributed by atoms with E-state index in [0.717, 1.165) is 17.2 Å². The number of nitrogens with one attached hydrogen (secondary N) is 1. The number of ether oxygens (including phenoxy) is 2. The van der Waals surface area contributed by atoms with Crippen LogP contribution in [-0.2, 0) is 0 Å². The van der Waals surface area contributed by atoms with Crippen LogP contribution in [0.3, 0.4) is 0 Å². The third-order valence-electron chi connectivity index (χ3n) is 2.52. The van der Waals surface area contributed by atoms with E-state index in [9.17, 15) is 0 Å². The fourth-order valence-electron chi connectivity index (χ4n) is 1.42. The zero-order valence-electron chi connectivity index (χ0n) is 11.5. The first-order valence-corrected chi connectivity index (χ1v) is 5.91. The number of hydrogen-bond acceptors (Lipinski definition) is 4. The lowest BCUT2D eigenvalue weighted by molar-refractivity contribution is 0.415. The zero-order valence-corrected chi connectivity index (χ0v) is 11.5. The van der Waals surface area contributed by atoms with Gasteiger partial charge in [0, 0.05) is 12.7 Å². The molecule has 0 aliphatic heterocycles. The molecule has 0 radical (unpaired) electrons. The molecule has 4 nitrogen and oxygen atoms in total. The van der Waals surface area contributed by atoms with Crippen molar-refractivity contribution >= 4 is 11.4 Å². The topological polar surface area (TPSA) is 56.5 Å². The number of methoxy groups -OCH3 is 2. The lowest BCUT2D eigenvalue weighted by Gasteiger charge is -2.00. The molecule has 0 heterocycles. The maximum absolute atomic E-state index is 5.51. The highest BCUT2D eigenvalue weighted by Crippen LogP contribution is 2.18. The van der Waals surface area contributed by atoms with E-state index in [2.05, 4.69) is 5.32 Å². The summed E-state index contributed by atoms with van der Waals surface area (Å²) < 4.78 is 9.91. The third kappa shape index (κ3) is 4.79. The second kappa shape index (κ2) is 7.87. The molecule has 0 bridgehead atoms. The number of hydrogen-bond donors (Lipinski definition) is 2. The van der Waals surface area contributed by atoms with E-state index in [0.29, 0.717) is 5.69 Å². The van der Waals surface area contributed by atoms with Crippen molar-refractivity contribution in [2.75, 3.05) is 32.3 Å². The van der Waals surface area contributed by atoms with E-state index in [1.807, 2.05) is 49.5 Å². The Morgan fingerprint density at radius 3 is 1.95 bits per heavy atom. The van der Waals surface area contributed by atoms with E-state index < -0.39 is 0 Å². The van der Waals surface area contributed by atoms with E-state index >= 15 is 0 Å². The van der Waals surface area contributed by atoms with Crippen molar-refractivity contribution in [3.8, 4) is 11.5 Å². The van der Waals surface area contributed by atoms with Gasteiger partial charge >= 0.3 is 0 Å². The summed E-state index contributed by atoms with van der Waals surface area (Å²) in [4.78, 5) is 0. The summed E-state index contributed by atoms with van der Waals surface area (Å²) in [6.45, 7) is 0. The number of benzene rings is 2. The van der Waals surface area contributed by atoms with Crippen LogP contribution in [0.1, 0.15) is 0 Å². The maximum atomic E-state index is 5.51. The van der Waals surface area contributed by atoms with E-state index in [1.54, 1.807) is 20.3 Å². The highest BCUT2D eigenvalue weighted by atomic mass is 16.5. The van der Waals surface area contributed by atoms with Crippen molar-refractivity contribution in [2.45, 2.75) is 0 Å². The van der Waals surface area contributed by atoms with Gasteiger partial charge < -0.3 is 20.5 Å². The predicted octanol–water partition coefficient (Wildman–Crippen LogP) is 3.01. The first kappa shape index (κ1) is 14.7. The van der Waals surface area contributed by atoms with E-state index in [4.69, 9.17) is 15.2 Å². The quantitative estimate of drug-likeness (QED) is 0.833. The molecule has 0 unspecified atom stereocenters. The van der Waals surface area contributed by atoms with E-state index in [1.165, 1.54) is 0 Å². The molecule has 2 aromatic carbocycles. The number of rotatable bonds is 3. The van der Waals surface area contributed by atoms with Crippen LogP contribution >= 0.6 is 0 Å². The molecule has 102 valence electrons. The maximum Gasteiger partial charge on any atom is 0.141 e. The van der Waals surface area contributed by atoms with Crippen LogP contribution in [0.25, 0.3) is 0 Å². The molecule has 3 N–H and O–H groups in total. The molecule has 0 spiro atoms. The van der Waals surface area contributed by atoms with Gasteiger partial charge in [0.15, 0.2) is 0 Å². The second-order valence-corrected chi connectivity index (χ2v) is 3.72. The summed E-state index contributed by atoms with van der Waals surface area (Å²) in [5, 5.41) is 3.02. The largest absolute Gasteiger partial charge is 0.497 e. The Labute approximate surface area is 114 Å². The molecular formula is C15H20N2O2. The van der Waals surface area contributed by atoms with Crippen molar-refractivity contribution in [1.29, 1.82) is 0 Å². The normalized spacial score (nSPS) is 9.00. The molecule has 0 fully saturated rings. The summed E-state index contributed by atoms with van der Waals surface area (Å²) in [7, 11) is 5.15. The third-order valence-corrected chi connectivity index (χ3v) is 2.52. The van der Waals surface area contributed by atoms with Gasteiger partial charge in [-0.25, -0.2) is 0 Å². The number of nitrogens with two attached hydrogens (primary N) is 1. The minimum atomic E-state index is 0.681. The van der Waals surface area contributed by atoms with Crippen molar-refractivity contribution in [2.24, 2.45) is 0 Å². The smallest absolute Gasteiger partial charge is 0.141 e. The lowest BCUT2D eigenvalue weighted by atomic mass is 10.3. The summed E-state index contributed by atoms with van der Waals surface area (Å²) in [6.07, 6.45) is 0. The highest BCUT2D eigenvalue weighted by Gasteiger charge is 1.91. The van der Waals surface area contributed by atoms with Crippen LogP contribution in [-0.4, -0.2) is 21.3 Å². The standard InChI is InChI=1S/C8H11NO.C7H9NO/c1-9-7-3-5-8(10-2)6-4-7;1-9-7-5-3-2-4-6(7)8/h3-6,9H,1-2H3;2-5H,8H2,1H3. The Morgan fingerprint density at radius 1 is 0.895 bits per heavy atom. The molecule has 0 aromatic heterocycles. The molecule has 0 aliphatic carbocycles. The average Bonchev–Trinajstić information content (AvgIpc) is 2.48. The predicted molar refractivity (Wildman–Crippen MR) is 79.9 cm³/mol. The van der Waals surface area contributed by atoms with Crippen molar-refractivity contribution < 1.29 is 9.47 Å². The summed E-state index contributed by atoms with van der Waals surface area (Å²) in [6, 6.07) is 15.2. The summed E-state index contributed by atoms with van der Waals surface area (Å²) in [5.41, 5.74) is 7.28. The van der Waals surface area contributed by atoms with Crippen LogP contribution in [0.4, 0.5) is 11.4 Å². The molecule has 0 amide bonds. The molecule has 0 saturated heterocycles. The second-order valence-electron chi connectivity index (χ2n) is 3.72. The Balaban J connectivity index is 0.000000191. The first-order valence-electron chi connectivity index (χ1n) is 5.91. The van der Waals surface area contributed by atoms with Crippen LogP contribution in [0.5, 0.6) is 11.5 Å². The molecule has 0 aliphatic rings. The van der Waals surface area contributed by atoms with Crippen molar-refractivity contribution in [3.63, 3.8) is 0 Å². The average molecular weight is 260 g/mol. The van der Waals surface area contributed by atoms with Crippen LogP contribution in [0.2, 0.25) is 0 Å². The number of nitrogen functional groups attached to an aromatic ring is 1. The van der Waals surface area contributed by atoms with Crippen molar-refractivity contribution in [3.05, 3.63) is 48.5 Å². The SMILES string of the molecule is CNc1ccc(OC)cc1.COc1ccccc1N. The molecule has 2 aromatic rings.